The molecule has 0 spiro atoms. The van der Waals surface area contributed by atoms with E-state index in [-0.39, 0.29) is 18.1 Å². The van der Waals surface area contributed by atoms with Gasteiger partial charge in [-0.25, -0.2) is 13.2 Å². The molecule has 1 amide bonds. The van der Waals surface area contributed by atoms with Gasteiger partial charge in [0.25, 0.3) is 0 Å². The molecule has 0 heterocycles. The number of rotatable bonds is 4. The quantitative estimate of drug-likeness (QED) is 0.827. The van der Waals surface area contributed by atoms with Crippen LogP contribution in [-0.2, 0) is 14.6 Å². The lowest BCUT2D eigenvalue weighted by molar-refractivity contribution is 0.131. The molecule has 7 heteroatoms. The van der Waals surface area contributed by atoms with Crippen molar-refractivity contribution in [3.05, 3.63) is 24.3 Å². The molecule has 0 atom stereocenters. The van der Waals surface area contributed by atoms with Gasteiger partial charge in [0, 0.05) is 11.9 Å². The van der Waals surface area contributed by atoms with E-state index in [9.17, 15) is 13.2 Å². The highest BCUT2D eigenvalue weighted by atomic mass is 32.2. The number of anilines is 1. The van der Waals surface area contributed by atoms with E-state index in [0.717, 1.165) is 6.26 Å². The van der Waals surface area contributed by atoms with Crippen LogP contribution in [-0.4, -0.2) is 39.1 Å². The van der Waals surface area contributed by atoms with E-state index in [4.69, 9.17) is 5.11 Å². The number of carbonyl (C=O) groups is 1. The van der Waals surface area contributed by atoms with Crippen LogP contribution in [0.15, 0.2) is 29.2 Å². The molecule has 17 heavy (non-hydrogen) atoms. The topological polar surface area (TPSA) is 92.7 Å². The first-order valence-electron chi connectivity index (χ1n) is 4.78. The first-order valence-corrected chi connectivity index (χ1v) is 6.67. The lowest BCUT2D eigenvalue weighted by Crippen LogP contribution is -2.15. The minimum atomic E-state index is -3.24. The standard InChI is InChI=1S/C10H13NO5S/c1-17(14,15)9-4-2-8(3-5-9)11-10(13)16-7-6-12/h2-5,12H,6-7H2,1H3,(H,11,13). The highest BCUT2D eigenvalue weighted by Crippen LogP contribution is 2.13. The average molecular weight is 259 g/mol. The summed E-state index contributed by atoms with van der Waals surface area (Å²) in [7, 11) is -3.24. The third-order valence-electron chi connectivity index (χ3n) is 1.85. The van der Waals surface area contributed by atoms with E-state index in [1.807, 2.05) is 0 Å². The van der Waals surface area contributed by atoms with Crippen molar-refractivity contribution in [2.24, 2.45) is 0 Å². The smallest absolute Gasteiger partial charge is 0.411 e. The molecule has 1 aromatic carbocycles. The van der Waals surface area contributed by atoms with Crippen molar-refractivity contribution < 1.29 is 23.1 Å². The van der Waals surface area contributed by atoms with Crippen LogP contribution >= 0.6 is 0 Å². The third-order valence-corrected chi connectivity index (χ3v) is 2.98. The minimum absolute atomic E-state index is 0.0900. The molecule has 6 nitrogen and oxygen atoms in total. The van der Waals surface area contributed by atoms with Gasteiger partial charge in [-0.3, -0.25) is 5.32 Å². The van der Waals surface area contributed by atoms with Gasteiger partial charge in [-0.15, -0.1) is 0 Å². The first-order chi connectivity index (χ1) is 7.93. The van der Waals surface area contributed by atoms with E-state index in [2.05, 4.69) is 10.1 Å². The Kier molecular flexibility index (Phi) is 4.47. The fourth-order valence-electron chi connectivity index (χ4n) is 1.08. The van der Waals surface area contributed by atoms with Crippen LogP contribution in [0.4, 0.5) is 10.5 Å². The predicted molar refractivity (Wildman–Crippen MR) is 61.6 cm³/mol. The summed E-state index contributed by atoms with van der Waals surface area (Å²) in [6.45, 7) is -0.340. The number of sulfone groups is 1. The fraction of sp³-hybridized carbons (Fsp3) is 0.300. The van der Waals surface area contributed by atoms with Crippen LogP contribution < -0.4 is 5.32 Å². The summed E-state index contributed by atoms with van der Waals surface area (Å²) in [6, 6.07) is 5.68. The first kappa shape index (κ1) is 13.5. The molecule has 0 aliphatic heterocycles. The SMILES string of the molecule is CS(=O)(=O)c1ccc(NC(=O)OCCO)cc1. The molecule has 0 bridgehead atoms. The number of nitrogens with one attached hydrogen (secondary N) is 1. The Bertz CT molecular complexity index is 480. The van der Waals surface area contributed by atoms with Gasteiger partial charge >= 0.3 is 6.09 Å². The van der Waals surface area contributed by atoms with Gasteiger partial charge < -0.3 is 9.84 Å². The number of amides is 1. The highest BCUT2D eigenvalue weighted by molar-refractivity contribution is 7.90. The summed E-state index contributed by atoms with van der Waals surface area (Å²) in [5.74, 6) is 0. The average Bonchev–Trinajstić information content (AvgIpc) is 2.26. The second-order valence-electron chi connectivity index (χ2n) is 3.28. The van der Waals surface area contributed by atoms with Crippen molar-refractivity contribution in [1.29, 1.82) is 0 Å². The number of ether oxygens (including phenoxy) is 1. The second kappa shape index (κ2) is 5.65. The number of aliphatic hydroxyl groups is 1. The maximum atomic E-state index is 11.2. The molecule has 1 aromatic rings. The molecule has 0 aliphatic rings. The molecule has 1 rings (SSSR count). The third kappa shape index (κ3) is 4.41. The number of hydrogen-bond acceptors (Lipinski definition) is 5. The van der Waals surface area contributed by atoms with E-state index in [1.165, 1.54) is 24.3 Å². The monoisotopic (exact) mass is 259 g/mol. The zero-order valence-corrected chi connectivity index (χ0v) is 10.0. The van der Waals surface area contributed by atoms with Crippen LogP contribution in [0.3, 0.4) is 0 Å². The number of hydrogen-bond donors (Lipinski definition) is 2. The van der Waals surface area contributed by atoms with E-state index in [0.29, 0.717) is 5.69 Å². The van der Waals surface area contributed by atoms with Gasteiger partial charge in [-0.05, 0) is 24.3 Å². The number of benzene rings is 1. The number of aliphatic hydroxyl groups excluding tert-OH is 1. The molecular formula is C10H13NO5S. The second-order valence-corrected chi connectivity index (χ2v) is 5.30. The van der Waals surface area contributed by atoms with Crippen LogP contribution in [0.2, 0.25) is 0 Å². The molecule has 0 fully saturated rings. The largest absolute Gasteiger partial charge is 0.447 e. The Morgan fingerprint density at radius 3 is 2.41 bits per heavy atom. The van der Waals surface area contributed by atoms with E-state index >= 15 is 0 Å². The van der Waals surface area contributed by atoms with Gasteiger partial charge in [0.2, 0.25) is 0 Å². The summed E-state index contributed by atoms with van der Waals surface area (Å²) in [5, 5.41) is 10.8. The van der Waals surface area contributed by atoms with Crippen molar-refractivity contribution in [3.63, 3.8) is 0 Å². The molecule has 0 saturated heterocycles. The summed E-state index contributed by atoms with van der Waals surface area (Å²) in [6.07, 6.45) is 0.399. The van der Waals surface area contributed by atoms with Crippen LogP contribution in [0.1, 0.15) is 0 Å². The van der Waals surface area contributed by atoms with Gasteiger partial charge in [-0.1, -0.05) is 0 Å². The van der Waals surface area contributed by atoms with Gasteiger partial charge in [0.1, 0.15) is 6.61 Å². The fourth-order valence-corrected chi connectivity index (χ4v) is 1.71. The number of carbonyl (C=O) groups excluding carboxylic acids is 1. The summed E-state index contributed by atoms with van der Waals surface area (Å²) in [5.41, 5.74) is 0.417. The summed E-state index contributed by atoms with van der Waals surface area (Å²) in [4.78, 5) is 11.3. The van der Waals surface area contributed by atoms with Crippen LogP contribution in [0.5, 0.6) is 0 Å². The highest BCUT2D eigenvalue weighted by Gasteiger charge is 2.07. The molecular weight excluding hydrogens is 246 g/mol. The maximum absolute atomic E-state index is 11.2. The van der Waals surface area contributed by atoms with Gasteiger partial charge in [-0.2, -0.15) is 0 Å². The molecule has 2 N–H and O–H groups in total. The Balaban J connectivity index is 2.66. The predicted octanol–water partition coefficient (Wildman–Crippen LogP) is 0.631. The van der Waals surface area contributed by atoms with Crippen LogP contribution in [0.25, 0.3) is 0 Å². The molecule has 0 radical (unpaired) electrons. The van der Waals surface area contributed by atoms with Crippen molar-refractivity contribution >= 4 is 21.6 Å². The van der Waals surface area contributed by atoms with Crippen molar-refractivity contribution in [1.82, 2.24) is 0 Å². The Morgan fingerprint density at radius 2 is 1.94 bits per heavy atom. The molecule has 0 unspecified atom stereocenters. The Morgan fingerprint density at radius 1 is 1.35 bits per heavy atom. The molecule has 0 saturated carbocycles. The summed E-state index contributed by atoms with van der Waals surface area (Å²) < 4.78 is 26.9. The normalized spacial score (nSPS) is 10.9. The Labute approximate surface area is 99.1 Å². The maximum Gasteiger partial charge on any atom is 0.411 e. The molecule has 94 valence electrons. The van der Waals surface area contributed by atoms with E-state index in [1.54, 1.807) is 0 Å². The van der Waals surface area contributed by atoms with Crippen molar-refractivity contribution in [2.45, 2.75) is 4.90 Å². The zero-order valence-electron chi connectivity index (χ0n) is 9.21. The lowest BCUT2D eigenvalue weighted by atomic mass is 10.3. The van der Waals surface area contributed by atoms with Gasteiger partial charge in [0.05, 0.1) is 11.5 Å². The van der Waals surface area contributed by atoms with E-state index < -0.39 is 15.9 Å². The lowest BCUT2D eigenvalue weighted by Gasteiger charge is -2.06. The molecule has 0 aromatic heterocycles. The van der Waals surface area contributed by atoms with Crippen molar-refractivity contribution in [2.75, 3.05) is 24.8 Å². The van der Waals surface area contributed by atoms with Crippen LogP contribution in [0, 0.1) is 0 Å². The molecule has 0 aliphatic carbocycles. The minimum Gasteiger partial charge on any atom is -0.447 e. The Hall–Kier alpha value is -1.60. The zero-order chi connectivity index (χ0) is 12.9. The van der Waals surface area contributed by atoms with Gasteiger partial charge in [0.15, 0.2) is 9.84 Å². The van der Waals surface area contributed by atoms with Crippen molar-refractivity contribution in [3.8, 4) is 0 Å². The summed E-state index contributed by atoms with van der Waals surface area (Å²) >= 11 is 0.